The normalized spacial score (nSPS) is 11.6. The van der Waals surface area contributed by atoms with Crippen molar-refractivity contribution in [3.8, 4) is 0 Å². The van der Waals surface area contributed by atoms with Gasteiger partial charge in [0.25, 0.3) is 0 Å². The van der Waals surface area contributed by atoms with Crippen molar-refractivity contribution in [3.05, 3.63) is 52.6 Å². The van der Waals surface area contributed by atoms with Crippen LogP contribution in [0.25, 0.3) is 0 Å². The molecule has 2 aromatic rings. The summed E-state index contributed by atoms with van der Waals surface area (Å²) in [7, 11) is 0. The van der Waals surface area contributed by atoms with E-state index in [1.165, 1.54) is 18.0 Å². The predicted molar refractivity (Wildman–Crippen MR) is 67.5 cm³/mol. The zero-order valence-corrected chi connectivity index (χ0v) is 11.3. The van der Waals surface area contributed by atoms with Crippen LogP contribution < -0.4 is 0 Å². The maximum atomic E-state index is 12.5. The van der Waals surface area contributed by atoms with Crippen LogP contribution in [0.4, 0.5) is 13.2 Å². The van der Waals surface area contributed by atoms with Gasteiger partial charge in [-0.3, -0.25) is 0 Å². The Labute approximate surface area is 115 Å². The van der Waals surface area contributed by atoms with Gasteiger partial charge in [-0.15, -0.1) is 0 Å². The van der Waals surface area contributed by atoms with E-state index in [0.29, 0.717) is 5.03 Å². The maximum Gasteiger partial charge on any atom is 0.416 e. The lowest BCUT2D eigenvalue weighted by Crippen LogP contribution is -2.04. The molecular weight excluding hydrogens is 327 g/mol. The van der Waals surface area contributed by atoms with E-state index >= 15 is 0 Å². The van der Waals surface area contributed by atoms with Crippen molar-refractivity contribution in [2.45, 2.75) is 16.1 Å². The molecular formula is C12H7BrF3NS. The van der Waals surface area contributed by atoms with E-state index in [1.807, 2.05) is 24.3 Å². The molecule has 0 atom stereocenters. The van der Waals surface area contributed by atoms with E-state index in [9.17, 15) is 13.2 Å². The number of rotatable bonds is 2. The topological polar surface area (TPSA) is 12.9 Å². The number of alkyl halides is 3. The van der Waals surface area contributed by atoms with Crippen molar-refractivity contribution in [2.24, 2.45) is 0 Å². The third-order valence-corrected chi connectivity index (χ3v) is 3.57. The Hall–Kier alpha value is -1.01. The lowest BCUT2D eigenvalue weighted by Gasteiger charge is -2.07. The van der Waals surface area contributed by atoms with Crippen LogP contribution in [-0.4, -0.2) is 4.98 Å². The second-order valence-corrected chi connectivity index (χ2v) is 5.45. The van der Waals surface area contributed by atoms with Crippen molar-refractivity contribution in [2.75, 3.05) is 0 Å². The highest BCUT2D eigenvalue weighted by Gasteiger charge is 2.30. The standard InChI is InChI=1S/C12H7BrF3NS/c13-9-1-3-10(4-2-9)18-11-7-8(5-6-17-11)12(14,15)16/h1-7H. The molecule has 0 amide bonds. The molecule has 0 saturated carbocycles. The third kappa shape index (κ3) is 3.49. The number of halogens is 4. The minimum Gasteiger partial charge on any atom is -0.250 e. The second kappa shape index (κ2) is 5.32. The Balaban J connectivity index is 2.22. The number of hydrogen-bond donors (Lipinski definition) is 0. The van der Waals surface area contributed by atoms with Gasteiger partial charge in [0.1, 0.15) is 5.03 Å². The van der Waals surface area contributed by atoms with E-state index < -0.39 is 11.7 Å². The van der Waals surface area contributed by atoms with Crippen LogP contribution in [0.5, 0.6) is 0 Å². The molecule has 0 unspecified atom stereocenters. The maximum absolute atomic E-state index is 12.5. The SMILES string of the molecule is FC(F)(F)c1ccnc(Sc2ccc(Br)cc2)c1. The summed E-state index contributed by atoms with van der Waals surface area (Å²) in [6.07, 6.45) is -3.16. The molecule has 0 N–H and O–H groups in total. The lowest BCUT2D eigenvalue weighted by molar-refractivity contribution is -0.137. The molecule has 0 aliphatic rings. The van der Waals surface area contributed by atoms with Gasteiger partial charge in [0.2, 0.25) is 0 Å². The van der Waals surface area contributed by atoms with E-state index in [-0.39, 0.29) is 0 Å². The van der Waals surface area contributed by atoms with Gasteiger partial charge in [0, 0.05) is 15.6 Å². The van der Waals surface area contributed by atoms with Gasteiger partial charge >= 0.3 is 6.18 Å². The number of aromatic nitrogens is 1. The minimum atomic E-state index is -4.34. The Morgan fingerprint density at radius 3 is 2.33 bits per heavy atom. The van der Waals surface area contributed by atoms with E-state index in [0.717, 1.165) is 21.5 Å². The van der Waals surface area contributed by atoms with Crippen LogP contribution in [0.2, 0.25) is 0 Å². The first-order valence-electron chi connectivity index (χ1n) is 4.92. The fraction of sp³-hybridized carbons (Fsp3) is 0.0833. The summed E-state index contributed by atoms with van der Waals surface area (Å²) in [4.78, 5) is 4.76. The smallest absolute Gasteiger partial charge is 0.250 e. The van der Waals surface area contributed by atoms with Gasteiger partial charge < -0.3 is 0 Å². The molecule has 18 heavy (non-hydrogen) atoms. The summed E-state index contributed by atoms with van der Waals surface area (Å²) in [6, 6.07) is 9.30. The van der Waals surface area contributed by atoms with Crippen molar-refractivity contribution >= 4 is 27.7 Å². The number of hydrogen-bond acceptors (Lipinski definition) is 2. The van der Waals surface area contributed by atoms with Crippen molar-refractivity contribution in [3.63, 3.8) is 0 Å². The average molecular weight is 334 g/mol. The summed E-state index contributed by atoms with van der Waals surface area (Å²) >= 11 is 4.49. The predicted octanol–water partition coefficient (Wildman–Crippen LogP) is 5.01. The van der Waals surface area contributed by atoms with Gasteiger partial charge in [-0.1, -0.05) is 27.7 Å². The van der Waals surface area contributed by atoms with Crippen molar-refractivity contribution < 1.29 is 13.2 Å². The van der Waals surface area contributed by atoms with Crippen LogP contribution in [-0.2, 0) is 6.18 Å². The largest absolute Gasteiger partial charge is 0.416 e. The van der Waals surface area contributed by atoms with Crippen molar-refractivity contribution in [1.29, 1.82) is 0 Å². The Morgan fingerprint density at radius 1 is 1.06 bits per heavy atom. The van der Waals surface area contributed by atoms with E-state index in [1.54, 1.807) is 0 Å². The summed E-state index contributed by atoms with van der Waals surface area (Å²) in [5.74, 6) is 0. The fourth-order valence-corrected chi connectivity index (χ4v) is 2.34. The van der Waals surface area contributed by atoms with Crippen LogP contribution >= 0.6 is 27.7 Å². The number of nitrogens with zero attached hydrogens (tertiary/aromatic N) is 1. The molecule has 0 bridgehead atoms. The van der Waals surface area contributed by atoms with E-state index in [4.69, 9.17) is 0 Å². The Morgan fingerprint density at radius 2 is 1.72 bits per heavy atom. The monoisotopic (exact) mass is 333 g/mol. The van der Waals surface area contributed by atoms with Crippen LogP contribution in [0.15, 0.2) is 57.0 Å². The summed E-state index contributed by atoms with van der Waals surface area (Å²) in [5.41, 5.74) is -0.683. The zero-order valence-electron chi connectivity index (χ0n) is 8.91. The molecule has 1 aromatic heterocycles. The molecule has 0 spiro atoms. The fourth-order valence-electron chi connectivity index (χ4n) is 1.26. The first-order chi connectivity index (χ1) is 8.45. The van der Waals surface area contributed by atoms with Crippen LogP contribution in [0, 0.1) is 0 Å². The van der Waals surface area contributed by atoms with Crippen molar-refractivity contribution in [1.82, 2.24) is 4.98 Å². The molecule has 1 heterocycles. The molecule has 1 nitrogen and oxygen atoms in total. The quantitative estimate of drug-likeness (QED) is 0.765. The van der Waals surface area contributed by atoms with Gasteiger partial charge in [0.15, 0.2) is 0 Å². The lowest BCUT2D eigenvalue weighted by atomic mass is 10.3. The molecule has 2 rings (SSSR count). The van der Waals surface area contributed by atoms with Gasteiger partial charge in [-0.05, 0) is 36.4 Å². The Bertz CT molecular complexity index is 540. The first-order valence-corrected chi connectivity index (χ1v) is 6.53. The molecule has 94 valence electrons. The van der Waals surface area contributed by atoms with Crippen LogP contribution in [0.3, 0.4) is 0 Å². The summed E-state index contributed by atoms with van der Waals surface area (Å²) < 4.78 is 38.5. The second-order valence-electron chi connectivity index (χ2n) is 3.44. The number of pyridine rings is 1. The minimum absolute atomic E-state index is 0.326. The summed E-state index contributed by atoms with van der Waals surface area (Å²) in [6.45, 7) is 0. The summed E-state index contributed by atoms with van der Waals surface area (Å²) in [5, 5.41) is 0.326. The molecule has 1 aromatic carbocycles. The van der Waals surface area contributed by atoms with Crippen LogP contribution in [0.1, 0.15) is 5.56 Å². The number of benzene rings is 1. The third-order valence-electron chi connectivity index (χ3n) is 2.10. The Kier molecular flexibility index (Phi) is 3.97. The molecule has 0 saturated heterocycles. The van der Waals surface area contributed by atoms with Gasteiger partial charge in [-0.25, -0.2) is 4.98 Å². The molecule has 6 heteroatoms. The highest BCUT2D eigenvalue weighted by atomic mass is 79.9. The zero-order chi connectivity index (χ0) is 13.2. The average Bonchev–Trinajstić information content (AvgIpc) is 2.31. The molecule has 0 radical (unpaired) electrons. The highest BCUT2D eigenvalue weighted by molar-refractivity contribution is 9.10. The highest BCUT2D eigenvalue weighted by Crippen LogP contribution is 2.33. The molecule has 0 aliphatic carbocycles. The molecule has 0 aliphatic heterocycles. The molecule has 0 fully saturated rings. The van der Waals surface area contributed by atoms with Gasteiger partial charge in [-0.2, -0.15) is 13.2 Å². The van der Waals surface area contributed by atoms with Gasteiger partial charge in [0.05, 0.1) is 5.56 Å². The first kappa shape index (κ1) is 13.4. The van der Waals surface area contributed by atoms with E-state index in [2.05, 4.69) is 20.9 Å².